The average molecular weight is 353 g/mol. The zero-order valence-corrected chi connectivity index (χ0v) is 15.6. The highest BCUT2D eigenvalue weighted by Crippen LogP contribution is 2.21. The SMILES string of the molecule is CN=C(NCc1cccc(S(=O)(=O)N2CCCCC2)c1)NC(C)C. The van der Waals surface area contributed by atoms with Crippen molar-refractivity contribution in [3.8, 4) is 0 Å². The molecule has 134 valence electrons. The Balaban J connectivity index is 2.08. The van der Waals surface area contributed by atoms with Crippen molar-refractivity contribution >= 4 is 16.0 Å². The lowest BCUT2D eigenvalue weighted by atomic mass is 10.2. The molecule has 0 aliphatic carbocycles. The van der Waals surface area contributed by atoms with Crippen LogP contribution in [0.2, 0.25) is 0 Å². The molecule has 0 bridgehead atoms. The van der Waals surface area contributed by atoms with Crippen LogP contribution in [-0.2, 0) is 16.6 Å². The Morgan fingerprint density at radius 3 is 2.58 bits per heavy atom. The van der Waals surface area contributed by atoms with Gasteiger partial charge in [0.25, 0.3) is 0 Å². The first kappa shape index (κ1) is 18.7. The second kappa shape index (κ2) is 8.48. The van der Waals surface area contributed by atoms with Crippen LogP contribution >= 0.6 is 0 Å². The molecule has 1 fully saturated rings. The molecule has 1 aromatic rings. The summed E-state index contributed by atoms with van der Waals surface area (Å²) in [7, 11) is -1.67. The Morgan fingerprint density at radius 1 is 1.25 bits per heavy atom. The third-order valence-corrected chi connectivity index (χ3v) is 5.85. The minimum atomic E-state index is -3.39. The number of piperidine rings is 1. The summed E-state index contributed by atoms with van der Waals surface area (Å²) in [6.07, 6.45) is 2.99. The van der Waals surface area contributed by atoms with Gasteiger partial charge in [0.05, 0.1) is 4.90 Å². The standard InChI is InChI=1S/C17H28N4O2S/c1-14(2)20-17(18-3)19-13-15-8-7-9-16(12-15)24(22,23)21-10-5-4-6-11-21/h7-9,12,14H,4-6,10-11,13H2,1-3H3,(H2,18,19,20). The predicted molar refractivity (Wildman–Crippen MR) is 97.5 cm³/mol. The average Bonchev–Trinajstić information content (AvgIpc) is 2.59. The molecule has 2 N–H and O–H groups in total. The highest BCUT2D eigenvalue weighted by molar-refractivity contribution is 7.89. The predicted octanol–water partition coefficient (Wildman–Crippen LogP) is 1.93. The number of benzene rings is 1. The van der Waals surface area contributed by atoms with Crippen molar-refractivity contribution in [3.63, 3.8) is 0 Å². The van der Waals surface area contributed by atoms with E-state index in [1.165, 1.54) is 0 Å². The number of hydrogen-bond acceptors (Lipinski definition) is 3. The van der Waals surface area contributed by atoms with Gasteiger partial charge in [0.2, 0.25) is 10.0 Å². The molecule has 1 saturated heterocycles. The number of sulfonamides is 1. The molecule has 1 aromatic carbocycles. The largest absolute Gasteiger partial charge is 0.354 e. The van der Waals surface area contributed by atoms with Crippen LogP contribution in [-0.4, -0.2) is 44.9 Å². The molecule has 1 aliphatic rings. The van der Waals surface area contributed by atoms with E-state index in [0.29, 0.717) is 30.5 Å². The zero-order chi connectivity index (χ0) is 17.6. The number of aliphatic imine (C=N–C) groups is 1. The maximum Gasteiger partial charge on any atom is 0.243 e. The lowest BCUT2D eigenvalue weighted by Crippen LogP contribution is -2.40. The summed E-state index contributed by atoms with van der Waals surface area (Å²) in [5, 5.41) is 6.41. The van der Waals surface area contributed by atoms with E-state index in [1.807, 2.05) is 19.9 Å². The fourth-order valence-corrected chi connectivity index (χ4v) is 4.31. The zero-order valence-electron chi connectivity index (χ0n) is 14.7. The number of guanidine groups is 1. The molecule has 0 atom stereocenters. The number of nitrogens with one attached hydrogen (secondary N) is 2. The van der Waals surface area contributed by atoms with Gasteiger partial charge < -0.3 is 10.6 Å². The van der Waals surface area contributed by atoms with E-state index in [4.69, 9.17) is 0 Å². The summed E-state index contributed by atoms with van der Waals surface area (Å²) in [4.78, 5) is 4.53. The van der Waals surface area contributed by atoms with Crippen LogP contribution < -0.4 is 10.6 Å². The fraction of sp³-hybridized carbons (Fsp3) is 0.588. The maximum atomic E-state index is 12.7. The van der Waals surface area contributed by atoms with E-state index < -0.39 is 10.0 Å². The summed E-state index contributed by atoms with van der Waals surface area (Å²) in [6, 6.07) is 7.42. The molecular weight excluding hydrogens is 324 g/mol. The lowest BCUT2D eigenvalue weighted by molar-refractivity contribution is 0.346. The van der Waals surface area contributed by atoms with Crippen LogP contribution in [0.5, 0.6) is 0 Å². The molecule has 0 saturated carbocycles. The minimum absolute atomic E-state index is 0.280. The van der Waals surface area contributed by atoms with Crippen molar-refractivity contribution in [1.82, 2.24) is 14.9 Å². The maximum absolute atomic E-state index is 12.7. The monoisotopic (exact) mass is 352 g/mol. The van der Waals surface area contributed by atoms with Gasteiger partial charge in [0, 0.05) is 32.7 Å². The van der Waals surface area contributed by atoms with E-state index >= 15 is 0 Å². The van der Waals surface area contributed by atoms with Gasteiger partial charge in [-0.3, -0.25) is 4.99 Å². The topological polar surface area (TPSA) is 73.8 Å². The van der Waals surface area contributed by atoms with Crippen molar-refractivity contribution in [2.75, 3.05) is 20.1 Å². The number of rotatable bonds is 5. The summed E-state index contributed by atoms with van der Waals surface area (Å²) in [5.74, 6) is 0.703. The Morgan fingerprint density at radius 2 is 1.96 bits per heavy atom. The fourth-order valence-electron chi connectivity index (χ4n) is 2.72. The third-order valence-electron chi connectivity index (χ3n) is 3.96. The van der Waals surface area contributed by atoms with Gasteiger partial charge in [0.15, 0.2) is 5.96 Å². The van der Waals surface area contributed by atoms with Gasteiger partial charge in [-0.1, -0.05) is 18.6 Å². The van der Waals surface area contributed by atoms with Gasteiger partial charge in [-0.2, -0.15) is 4.31 Å². The first-order valence-corrected chi connectivity index (χ1v) is 9.94. The molecule has 24 heavy (non-hydrogen) atoms. The molecule has 0 unspecified atom stereocenters. The van der Waals surface area contributed by atoms with Crippen LogP contribution in [0.3, 0.4) is 0 Å². The van der Waals surface area contributed by atoms with E-state index in [0.717, 1.165) is 24.8 Å². The summed E-state index contributed by atoms with van der Waals surface area (Å²) in [6.45, 7) is 5.85. The van der Waals surface area contributed by atoms with E-state index in [1.54, 1.807) is 29.6 Å². The molecule has 0 radical (unpaired) electrons. The second-order valence-corrected chi connectivity index (χ2v) is 8.27. The Kier molecular flexibility index (Phi) is 6.62. The quantitative estimate of drug-likeness (QED) is 0.627. The molecule has 0 spiro atoms. The van der Waals surface area contributed by atoms with Gasteiger partial charge in [-0.05, 0) is 44.4 Å². The van der Waals surface area contributed by atoms with Crippen LogP contribution in [0.4, 0.5) is 0 Å². The normalized spacial score (nSPS) is 17.1. The molecule has 7 heteroatoms. The number of hydrogen-bond donors (Lipinski definition) is 2. The molecule has 0 aromatic heterocycles. The molecule has 1 aliphatic heterocycles. The van der Waals surface area contributed by atoms with Crippen molar-refractivity contribution < 1.29 is 8.42 Å². The van der Waals surface area contributed by atoms with Crippen molar-refractivity contribution in [2.45, 2.75) is 50.6 Å². The van der Waals surface area contributed by atoms with Gasteiger partial charge in [-0.25, -0.2) is 8.42 Å². The highest BCUT2D eigenvalue weighted by atomic mass is 32.2. The molecule has 2 rings (SSSR count). The van der Waals surface area contributed by atoms with E-state index in [2.05, 4.69) is 15.6 Å². The van der Waals surface area contributed by atoms with Crippen LogP contribution in [0.1, 0.15) is 38.7 Å². The van der Waals surface area contributed by atoms with Gasteiger partial charge >= 0.3 is 0 Å². The number of nitrogens with zero attached hydrogens (tertiary/aromatic N) is 2. The summed E-state index contributed by atoms with van der Waals surface area (Å²) in [5.41, 5.74) is 0.916. The molecule has 0 amide bonds. The van der Waals surface area contributed by atoms with Crippen molar-refractivity contribution in [1.29, 1.82) is 0 Å². The van der Waals surface area contributed by atoms with Crippen LogP contribution in [0.25, 0.3) is 0 Å². The van der Waals surface area contributed by atoms with E-state index in [-0.39, 0.29) is 6.04 Å². The van der Waals surface area contributed by atoms with Gasteiger partial charge in [0.1, 0.15) is 0 Å². The first-order chi connectivity index (χ1) is 11.4. The Hall–Kier alpha value is -1.60. The van der Waals surface area contributed by atoms with Crippen LogP contribution in [0, 0.1) is 0 Å². The van der Waals surface area contributed by atoms with Gasteiger partial charge in [-0.15, -0.1) is 0 Å². The van der Waals surface area contributed by atoms with Crippen LogP contribution in [0.15, 0.2) is 34.2 Å². The molecule has 1 heterocycles. The Bertz CT molecular complexity index is 665. The second-order valence-electron chi connectivity index (χ2n) is 6.34. The van der Waals surface area contributed by atoms with Crippen molar-refractivity contribution in [2.24, 2.45) is 4.99 Å². The first-order valence-electron chi connectivity index (χ1n) is 8.50. The third kappa shape index (κ3) is 4.95. The molecule has 6 nitrogen and oxygen atoms in total. The van der Waals surface area contributed by atoms with Crippen molar-refractivity contribution in [3.05, 3.63) is 29.8 Å². The summed E-state index contributed by atoms with van der Waals surface area (Å²) >= 11 is 0. The molecular formula is C17H28N4O2S. The Labute approximate surface area is 145 Å². The summed E-state index contributed by atoms with van der Waals surface area (Å²) < 4.78 is 27.1. The minimum Gasteiger partial charge on any atom is -0.354 e. The lowest BCUT2D eigenvalue weighted by Gasteiger charge is -2.26. The smallest absolute Gasteiger partial charge is 0.243 e. The highest BCUT2D eigenvalue weighted by Gasteiger charge is 2.25. The van der Waals surface area contributed by atoms with E-state index in [9.17, 15) is 8.42 Å².